The summed E-state index contributed by atoms with van der Waals surface area (Å²) in [4.78, 5) is 48.9. The van der Waals surface area contributed by atoms with Gasteiger partial charge in [0.05, 0.1) is 7.11 Å². The van der Waals surface area contributed by atoms with Gasteiger partial charge in [-0.15, -0.1) is 0 Å². The number of rotatable bonds is 13. The van der Waals surface area contributed by atoms with E-state index in [1.165, 1.54) is 7.11 Å². The number of carbonyl (C=O) groups is 4. The summed E-state index contributed by atoms with van der Waals surface area (Å²) in [6, 6.07) is 7.68. The normalized spacial score (nSPS) is 12.7. The first kappa shape index (κ1) is 27.1. The lowest BCUT2D eigenvalue weighted by atomic mass is 10.00. The first-order valence-corrected chi connectivity index (χ1v) is 11.0. The summed E-state index contributed by atoms with van der Waals surface area (Å²) in [5, 5.41) is 5.48. The van der Waals surface area contributed by atoms with Gasteiger partial charge in [0, 0.05) is 12.8 Å². The Morgan fingerprint density at radius 1 is 0.844 bits per heavy atom. The average molecular weight is 449 g/mol. The van der Waals surface area contributed by atoms with Gasteiger partial charge in [0.2, 0.25) is 11.8 Å². The van der Waals surface area contributed by atoms with E-state index < -0.39 is 24.0 Å². The Balaban J connectivity index is 2.63. The monoisotopic (exact) mass is 448 g/mol. The van der Waals surface area contributed by atoms with Crippen LogP contribution >= 0.6 is 0 Å². The highest BCUT2D eigenvalue weighted by molar-refractivity contribution is 5.91. The van der Waals surface area contributed by atoms with Gasteiger partial charge in [-0.1, -0.05) is 58.0 Å². The number of esters is 2. The highest BCUT2D eigenvalue weighted by Gasteiger charge is 2.31. The van der Waals surface area contributed by atoms with Crippen LogP contribution in [-0.4, -0.2) is 42.9 Å². The molecule has 2 amide bonds. The van der Waals surface area contributed by atoms with E-state index >= 15 is 0 Å². The fourth-order valence-corrected chi connectivity index (χ4v) is 3.00. The number of nitrogens with one attached hydrogen (secondary N) is 2. The number of carbonyl (C=O) groups excluding carboxylic acids is 4. The summed E-state index contributed by atoms with van der Waals surface area (Å²) in [5.41, 5.74) is 0.856. The number of methoxy groups -OCH3 is 1. The number of hydrogen-bond donors (Lipinski definition) is 2. The van der Waals surface area contributed by atoms with Gasteiger partial charge in [0.1, 0.15) is 18.7 Å². The second kappa shape index (κ2) is 14.2. The third kappa shape index (κ3) is 9.94. The van der Waals surface area contributed by atoms with E-state index in [4.69, 9.17) is 4.74 Å². The zero-order chi connectivity index (χ0) is 24.1. The van der Waals surface area contributed by atoms with Crippen molar-refractivity contribution in [3.8, 4) is 0 Å². The third-order valence-electron chi connectivity index (χ3n) is 4.97. The molecule has 1 aromatic carbocycles. The second-order valence-corrected chi connectivity index (χ2v) is 8.40. The number of unbranched alkanes of at least 4 members (excludes halogenated alkanes) is 1. The van der Waals surface area contributed by atoms with Gasteiger partial charge in [0.25, 0.3) is 0 Å². The van der Waals surface area contributed by atoms with Gasteiger partial charge < -0.3 is 20.1 Å². The predicted octanol–water partition coefficient (Wildman–Crippen LogP) is 2.74. The lowest BCUT2D eigenvalue weighted by Gasteiger charge is -2.26. The Labute approximate surface area is 190 Å². The van der Waals surface area contributed by atoms with Crippen molar-refractivity contribution < 1.29 is 28.7 Å². The Kier molecular flexibility index (Phi) is 12.1. The van der Waals surface area contributed by atoms with Crippen molar-refractivity contribution >= 4 is 23.8 Å². The number of hydrogen-bond acceptors (Lipinski definition) is 6. The summed E-state index contributed by atoms with van der Waals surface area (Å²) in [6.45, 7) is 7.40. The first-order valence-electron chi connectivity index (χ1n) is 11.0. The van der Waals surface area contributed by atoms with Crippen molar-refractivity contribution in [3.05, 3.63) is 35.9 Å². The zero-order valence-electron chi connectivity index (χ0n) is 19.7. The molecule has 0 aliphatic heterocycles. The molecule has 2 N–H and O–H groups in total. The van der Waals surface area contributed by atoms with Crippen LogP contribution in [0.15, 0.2) is 30.3 Å². The summed E-state index contributed by atoms with van der Waals surface area (Å²) in [7, 11) is 1.32. The standard InChI is InChI=1S/C24H36N2O6/c1-16(2)21(25-19(27)13-9-10-14-20(28)31-5)23(29)26-22(17(3)4)24(30)32-15-18-11-7-6-8-12-18/h6-8,11-12,16-17,21-22H,9-10,13-15H2,1-5H3,(H,25,27)(H,26,29)/t21-,22-/m0/s1. The van der Waals surface area contributed by atoms with Crippen LogP contribution in [0.4, 0.5) is 0 Å². The van der Waals surface area contributed by atoms with Crippen LogP contribution in [-0.2, 0) is 35.3 Å². The molecule has 8 nitrogen and oxygen atoms in total. The molecule has 1 aromatic rings. The topological polar surface area (TPSA) is 111 Å². The second-order valence-electron chi connectivity index (χ2n) is 8.40. The Morgan fingerprint density at radius 2 is 1.44 bits per heavy atom. The van der Waals surface area contributed by atoms with E-state index in [-0.39, 0.29) is 43.2 Å². The minimum atomic E-state index is -0.829. The van der Waals surface area contributed by atoms with Gasteiger partial charge in [-0.3, -0.25) is 14.4 Å². The van der Waals surface area contributed by atoms with E-state index in [1.54, 1.807) is 0 Å². The molecule has 1 rings (SSSR count). The SMILES string of the molecule is COC(=O)CCCCC(=O)N[C@H](C(=O)N[C@H](C(=O)OCc1ccccc1)C(C)C)C(C)C. The van der Waals surface area contributed by atoms with Crippen LogP contribution in [0.5, 0.6) is 0 Å². The molecular formula is C24H36N2O6. The zero-order valence-corrected chi connectivity index (χ0v) is 19.7. The van der Waals surface area contributed by atoms with Gasteiger partial charge in [0.15, 0.2) is 0 Å². The van der Waals surface area contributed by atoms with Crippen molar-refractivity contribution in [3.63, 3.8) is 0 Å². The average Bonchev–Trinajstić information content (AvgIpc) is 2.76. The largest absolute Gasteiger partial charge is 0.469 e. The van der Waals surface area contributed by atoms with Crippen LogP contribution in [0.25, 0.3) is 0 Å². The maximum atomic E-state index is 12.9. The maximum Gasteiger partial charge on any atom is 0.329 e. The van der Waals surface area contributed by atoms with Gasteiger partial charge in [-0.25, -0.2) is 4.79 Å². The minimum Gasteiger partial charge on any atom is -0.469 e. The molecule has 0 spiro atoms. The molecule has 32 heavy (non-hydrogen) atoms. The fourth-order valence-electron chi connectivity index (χ4n) is 3.00. The highest BCUT2D eigenvalue weighted by atomic mass is 16.5. The molecule has 178 valence electrons. The smallest absolute Gasteiger partial charge is 0.329 e. The summed E-state index contributed by atoms with van der Waals surface area (Å²) in [6.07, 6.45) is 1.48. The molecule has 0 aromatic heterocycles. The Morgan fingerprint density at radius 3 is 2.00 bits per heavy atom. The fraction of sp³-hybridized carbons (Fsp3) is 0.583. The van der Waals surface area contributed by atoms with Crippen molar-refractivity contribution in [2.75, 3.05) is 7.11 Å². The minimum absolute atomic E-state index is 0.120. The van der Waals surface area contributed by atoms with Gasteiger partial charge in [-0.2, -0.15) is 0 Å². The molecule has 0 unspecified atom stereocenters. The highest BCUT2D eigenvalue weighted by Crippen LogP contribution is 2.10. The van der Waals surface area contributed by atoms with Gasteiger partial charge in [-0.05, 0) is 30.2 Å². The molecule has 0 aliphatic carbocycles. The predicted molar refractivity (Wildman–Crippen MR) is 120 cm³/mol. The summed E-state index contributed by atoms with van der Waals surface area (Å²) in [5.74, 6) is -1.92. The summed E-state index contributed by atoms with van der Waals surface area (Å²) >= 11 is 0. The van der Waals surface area contributed by atoms with Crippen molar-refractivity contribution in [2.45, 2.75) is 72.1 Å². The number of benzene rings is 1. The van der Waals surface area contributed by atoms with Crippen molar-refractivity contribution in [2.24, 2.45) is 11.8 Å². The molecule has 0 heterocycles. The van der Waals surface area contributed by atoms with E-state index in [0.717, 1.165) is 5.56 Å². The molecule has 0 bridgehead atoms. The van der Waals surface area contributed by atoms with Crippen molar-refractivity contribution in [1.82, 2.24) is 10.6 Å². The molecule has 2 atom stereocenters. The van der Waals surface area contributed by atoms with E-state index in [2.05, 4.69) is 15.4 Å². The lowest BCUT2D eigenvalue weighted by molar-refractivity contribution is -0.150. The number of amides is 2. The van der Waals surface area contributed by atoms with Gasteiger partial charge >= 0.3 is 11.9 Å². The Bertz CT molecular complexity index is 748. The maximum absolute atomic E-state index is 12.9. The molecular weight excluding hydrogens is 412 g/mol. The van der Waals surface area contributed by atoms with E-state index in [9.17, 15) is 19.2 Å². The quantitative estimate of drug-likeness (QED) is 0.355. The molecule has 8 heteroatoms. The third-order valence-corrected chi connectivity index (χ3v) is 4.97. The lowest BCUT2D eigenvalue weighted by Crippen LogP contribution is -2.55. The van der Waals surface area contributed by atoms with Crippen LogP contribution in [0.3, 0.4) is 0 Å². The first-order chi connectivity index (χ1) is 15.1. The molecule has 0 saturated heterocycles. The molecule has 0 saturated carbocycles. The van der Waals surface area contributed by atoms with E-state index in [1.807, 2.05) is 58.0 Å². The molecule has 0 fully saturated rings. The van der Waals surface area contributed by atoms with Crippen LogP contribution in [0.2, 0.25) is 0 Å². The Hall–Kier alpha value is -2.90. The van der Waals surface area contributed by atoms with Crippen LogP contribution in [0, 0.1) is 11.8 Å². The van der Waals surface area contributed by atoms with Crippen molar-refractivity contribution in [1.29, 1.82) is 0 Å². The van der Waals surface area contributed by atoms with E-state index in [0.29, 0.717) is 12.8 Å². The number of ether oxygens (including phenoxy) is 2. The van der Waals surface area contributed by atoms with Crippen LogP contribution < -0.4 is 10.6 Å². The molecule has 0 aliphatic rings. The van der Waals surface area contributed by atoms with Crippen LogP contribution in [0.1, 0.15) is 58.9 Å². The molecule has 0 radical (unpaired) electrons. The summed E-state index contributed by atoms with van der Waals surface area (Å²) < 4.78 is 9.96.